The first kappa shape index (κ1) is 20.1. The number of Topliss-reactive ketones (excluding diaryl/α,β-unsaturated/α-hetero) is 1. The van der Waals surface area contributed by atoms with Gasteiger partial charge in [-0.05, 0) is 42.2 Å². The van der Waals surface area contributed by atoms with Gasteiger partial charge in [0, 0.05) is 18.5 Å². The number of aromatic nitrogens is 1. The van der Waals surface area contributed by atoms with Gasteiger partial charge in [0.15, 0.2) is 11.6 Å². The van der Waals surface area contributed by atoms with E-state index in [-0.39, 0.29) is 24.5 Å². The summed E-state index contributed by atoms with van der Waals surface area (Å²) in [5.41, 5.74) is 3.09. The Bertz CT molecular complexity index is 941. The van der Waals surface area contributed by atoms with Crippen molar-refractivity contribution < 1.29 is 23.4 Å². The number of ketones is 1. The SMILES string of the molecule is COC1=NCc2cc(CC(=O)CC(C)c3ccc(F)c(F)c3)nc([C@H](C)O)c21. The summed E-state index contributed by atoms with van der Waals surface area (Å²) in [7, 11) is 1.51. The van der Waals surface area contributed by atoms with Crippen molar-refractivity contribution in [3.63, 3.8) is 0 Å². The molecule has 7 heteroatoms. The Hall–Kier alpha value is -2.67. The van der Waals surface area contributed by atoms with Crippen LogP contribution in [0.15, 0.2) is 29.3 Å². The first-order chi connectivity index (χ1) is 13.3. The first-order valence-corrected chi connectivity index (χ1v) is 9.06. The second-order valence-corrected chi connectivity index (χ2v) is 7.03. The first-order valence-electron chi connectivity index (χ1n) is 9.06. The summed E-state index contributed by atoms with van der Waals surface area (Å²) in [4.78, 5) is 21.3. The Morgan fingerprint density at radius 2 is 2.00 bits per heavy atom. The second-order valence-electron chi connectivity index (χ2n) is 7.03. The van der Waals surface area contributed by atoms with Gasteiger partial charge in [0.05, 0.1) is 31.0 Å². The maximum absolute atomic E-state index is 13.4. The van der Waals surface area contributed by atoms with Crippen molar-refractivity contribution in [2.45, 2.75) is 45.3 Å². The van der Waals surface area contributed by atoms with E-state index < -0.39 is 17.7 Å². The van der Waals surface area contributed by atoms with E-state index in [1.165, 1.54) is 13.2 Å². The number of halogens is 2. The number of methoxy groups -OCH3 is 1. The number of carbonyl (C=O) groups excluding carboxylic acids is 1. The molecule has 2 aromatic rings. The fourth-order valence-electron chi connectivity index (χ4n) is 3.40. The number of benzene rings is 1. The maximum Gasteiger partial charge on any atom is 0.218 e. The lowest BCUT2D eigenvalue weighted by molar-refractivity contribution is -0.118. The number of rotatable bonds is 6. The van der Waals surface area contributed by atoms with Crippen LogP contribution in [0.2, 0.25) is 0 Å². The van der Waals surface area contributed by atoms with Crippen LogP contribution in [-0.4, -0.2) is 28.9 Å². The van der Waals surface area contributed by atoms with E-state index in [1.54, 1.807) is 19.9 Å². The van der Waals surface area contributed by atoms with Crippen LogP contribution in [0.4, 0.5) is 8.78 Å². The standard InChI is InChI=1S/C21H22F2N2O3/c1-11(13-4-5-17(22)18(23)8-13)6-16(27)9-15-7-14-10-24-21(28-3)19(14)20(25-15)12(2)26/h4-5,7-8,11-12,26H,6,9-10H2,1-3H3/t11?,12-/m0/s1. The van der Waals surface area contributed by atoms with E-state index >= 15 is 0 Å². The van der Waals surface area contributed by atoms with Crippen LogP contribution in [0, 0.1) is 11.6 Å². The molecule has 0 radical (unpaired) electrons. The molecule has 3 rings (SSSR count). The molecular formula is C21H22F2N2O3. The van der Waals surface area contributed by atoms with Crippen LogP contribution in [0.3, 0.4) is 0 Å². The van der Waals surface area contributed by atoms with Gasteiger partial charge in [0.2, 0.25) is 5.90 Å². The number of hydrogen-bond acceptors (Lipinski definition) is 5. The van der Waals surface area contributed by atoms with Gasteiger partial charge in [-0.1, -0.05) is 13.0 Å². The molecule has 2 atom stereocenters. The third-order valence-electron chi connectivity index (χ3n) is 4.80. The van der Waals surface area contributed by atoms with E-state index in [1.807, 2.05) is 0 Å². The Morgan fingerprint density at radius 3 is 2.64 bits per heavy atom. The molecule has 1 aromatic carbocycles. The van der Waals surface area contributed by atoms with Crippen LogP contribution in [0.1, 0.15) is 60.4 Å². The van der Waals surface area contributed by atoms with E-state index in [4.69, 9.17) is 4.74 Å². The van der Waals surface area contributed by atoms with Crippen molar-refractivity contribution >= 4 is 11.7 Å². The minimum Gasteiger partial charge on any atom is -0.481 e. The van der Waals surface area contributed by atoms with Crippen molar-refractivity contribution in [3.8, 4) is 0 Å². The Morgan fingerprint density at radius 1 is 1.25 bits per heavy atom. The minimum absolute atomic E-state index is 0.0768. The molecule has 1 aliphatic heterocycles. The number of ether oxygens (including phenoxy) is 1. The number of aliphatic hydroxyl groups excluding tert-OH is 1. The largest absolute Gasteiger partial charge is 0.481 e. The Balaban J connectivity index is 1.76. The van der Waals surface area contributed by atoms with E-state index in [0.717, 1.165) is 17.7 Å². The maximum atomic E-state index is 13.4. The van der Waals surface area contributed by atoms with Crippen LogP contribution < -0.4 is 0 Å². The summed E-state index contributed by atoms with van der Waals surface area (Å²) in [5, 5.41) is 10.1. The molecule has 0 saturated heterocycles. The van der Waals surface area contributed by atoms with Crippen LogP contribution in [0.5, 0.6) is 0 Å². The van der Waals surface area contributed by atoms with E-state index in [0.29, 0.717) is 35.0 Å². The molecule has 2 heterocycles. The predicted molar refractivity (Wildman–Crippen MR) is 100 cm³/mol. The summed E-state index contributed by atoms with van der Waals surface area (Å²) in [6.45, 7) is 3.80. The summed E-state index contributed by atoms with van der Waals surface area (Å²) >= 11 is 0. The molecule has 0 spiro atoms. The lowest BCUT2D eigenvalue weighted by Gasteiger charge is -2.15. The van der Waals surface area contributed by atoms with Gasteiger partial charge in [-0.25, -0.2) is 13.8 Å². The van der Waals surface area contributed by atoms with Crippen molar-refractivity contribution in [2.75, 3.05) is 7.11 Å². The van der Waals surface area contributed by atoms with Gasteiger partial charge in [-0.2, -0.15) is 0 Å². The summed E-state index contributed by atoms with van der Waals surface area (Å²) < 4.78 is 31.7. The number of hydrogen-bond donors (Lipinski definition) is 1. The highest BCUT2D eigenvalue weighted by atomic mass is 19.2. The highest BCUT2D eigenvalue weighted by Gasteiger charge is 2.26. The highest BCUT2D eigenvalue weighted by molar-refractivity contribution is 5.99. The molecule has 1 unspecified atom stereocenters. The van der Waals surface area contributed by atoms with Gasteiger partial charge in [-0.15, -0.1) is 0 Å². The molecule has 28 heavy (non-hydrogen) atoms. The molecule has 0 fully saturated rings. The quantitative estimate of drug-likeness (QED) is 0.820. The number of pyridine rings is 1. The van der Waals surface area contributed by atoms with Crippen LogP contribution in [-0.2, 0) is 22.5 Å². The van der Waals surface area contributed by atoms with E-state index in [9.17, 15) is 18.7 Å². The number of aliphatic imine (C=N–C) groups is 1. The van der Waals surface area contributed by atoms with E-state index in [2.05, 4.69) is 9.98 Å². The predicted octanol–water partition coefficient (Wildman–Crippen LogP) is 3.63. The van der Waals surface area contributed by atoms with Gasteiger partial charge in [0.25, 0.3) is 0 Å². The number of aliphatic hydroxyl groups is 1. The summed E-state index contributed by atoms with van der Waals surface area (Å²) in [6.07, 6.45) is -0.569. The lowest BCUT2D eigenvalue weighted by Crippen LogP contribution is -2.14. The number of carbonyl (C=O) groups is 1. The summed E-state index contributed by atoms with van der Waals surface area (Å²) in [5.74, 6) is -1.73. The van der Waals surface area contributed by atoms with Crippen molar-refractivity contribution in [1.29, 1.82) is 0 Å². The average Bonchev–Trinajstić information content (AvgIpc) is 3.05. The topological polar surface area (TPSA) is 71.8 Å². The monoisotopic (exact) mass is 388 g/mol. The summed E-state index contributed by atoms with van der Waals surface area (Å²) in [6, 6.07) is 5.47. The lowest BCUT2D eigenvalue weighted by atomic mass is 9.93. The molecule has 1 aliphatic rings. The third-order valence-corrected chi connectivity index (χ3v) is 4.80. The van der Waals surface area contributed by atoms with Gasteiger partial charge >= 0.3 is 0 Å². The average molecular weight is 388 g/mol. The van der Waals surface area contributed by atoms with Gasteiger partial charge < -0.3 is 9.84 Å². The Labute approximate surface area is 162 Å². The molecule has 0 amide bonds. The third kappa shape index (κ3) is 4.09. The van der Waals surface area contributed by atoms with Crippen molar-refractivity contribution in [1.82, 2.24) is 4.98 Å². The zero-order valence-corrected chi connectivity index (χ0v) is 16.0. The molecule has 0 saturated carbocycles. The number of fused-ring (bicyclic) bond motifs is 1. The highest BCUT2D eigenvalue weighted by Crippen LogP contribution is 2.28. The molecule has 5 nitrogen and oxygen atoms in total. The molecule has 1 N–H and O–H groups in total. The normalized spacial score (nSPS) is 15.0. The van der Waals surface area contributed by atoms with Gasteiger partial charge in [0.1, 0.15) is 5.78 Å². The van der Waals surface area contributed by atoms with Crippen molar-refractivity contribution in [3.05, 3.63) is 64.0 Å². The van der Waals surface area contributed by atoms with Crippen LogP contribution >= 0.6 is 0 Å². The Kier molecular flexibility index (Phi) is 5.84. The smallest absolute Gasteiger partial charge is 0.218 e. The molecule has 0 aliphatic carbocycles. The number of nitrogens with zero attached hydrogens (tertiary/aromatic N) is 2. The molecular weight excluding hydrogens is 366 g/mol. The molecule has 1 aromatic heterocycles. The molecule has 148 valence electrons. The minimum atomic E-state index is -0.924. The zero-order chi connectivity index (χ0) is 20.4. The van der Waals surface area contributed by atoms with Crippen molar-refractivity contribution in [2.24, 2.45) is 4.99 Å². The van der Waals surface area contributed by atoms with Gasteiger partial charge in [-0.3, -0.25) is 9.78 Å². The molecule has 0 bridgehead atoms. The fourth-order valence-corrected chi connectivity index (χ4v) is 3.40. The van der Waals surface area contributed by atoms with Crippen LogP contribution in [0.25, 0.3) is 0 Å². The fraction of sp³-hybridized carbons (Fsp3) is 0.381. The zero-order valence-electron chi connectivity index (χ0n) is 16.0. The second kappa shape index (κ2) is 8.14.